The first-order valence-electron chi connectivity index (χ1n) is 5.04. The first-order chi connectivity index (χ1) is 6.68. The van der Waals surface area contributed by atoms with Crippen LogP contribution in [0.3, 0.4) is 0 Å². The quantitative estimate of drug-likeness (QED) is 0.734. The number of hydrogen-bond donors (Lipinski definition) is 0. The van der Waals surface area contributed by atoms with Crippen LogP contribution in [0.5, 0.6) is 0 Å². The molecule has 0 saturated carbocycles. The Morgan fingerprint density at radius 1 is 1.29 bits per heavy atom. The molecule has 1 nitrogen and oxygen atoms in total. The molecule has 0 spiro atoms. The fourth-order valence-electron chi connectivity index (χ4n) is 1.73. The second kappa shape index (κ2) is 4.06. The van der Waals surface area contributed by atoms with Gasteiger partial charge in [0.1, 0.15) is 0 Å². The van der Waals surface area contributed by atoms with Crippen molar-refractivity contribution >= 4 is 19.4 Å². The number of rotatable bonds is 2. The summed E-state index contributed by atoms with van der Waals surface area (Å²) in [6.07, 6.45) is 1.22. The molecule has 2 heteroatoms. The van der Waals surface area contributed by atoms with Gasteiger partial charge in [-0.25, -0.2) is 0 Å². The predicted molar refractivity (Wildman–Crippen MR) is 60.2 cm³/mol. The average molecular weight is 255 g/mol. The van der Waals surface area contributed by atoms with E-state index in [0.717, 1.165) is 11.4 Å². The molecular formula is C12H16OSe. The zero-order valence-electron chi connectivity index (χ0n) is 8.69. The molecule has 1 fully saturated rings. The molecule has 0 radical (unpaired) electrons. The van der Waals surface area contributed by atoms with E-state index < -0.39 is 0 Å². The Balaban J connectivity index is 2.05. The van der Waals surface area contributed by atoms with Crippen LogP contribution in [0.4, 0.5) is 0 Å². The molecule has 1 atom stereocenters. The van der Waals surface area contributed by atoms with E-state index >= 15 is 0 Å². The van der Waals surface area contributed by atoms with Gasteiger partial charge in [-0.3, -0.25) is 0 Å². The van der Waals surface area contributed by atoms with Crippen LogP contribution in [-0.2, 0) is 4.74 Å². The van der Waals surface area contributed by atoms with Crippen molar-refractivity contribution in [3.05, 3.63) is 30.3 Å². The summed E-state index contributed by atoms with van der Waals surface area (Å²) in [6, 6.07) is 10.8. The molecule has 1 heterocycles. The third-order valence-electron chi connectivity index (χ3n) is 2.65. The van der Waals surface area contributed by atoms with Gasteiger partial charge in [-0.1, -0.05) is 0 Å². The van der Waals surface area contributed by atoms with Crippen molar-refractivity contribution in [1.29, 1.82) is 0 Å². The van der Waals surface area contributed by atoms with Gasteiger partial charge < -0.3 is 0 Å². The van der Waals surface area contributed by atoms with Gasteiger partial charge in [0, 0.05) is 0 Å². The molecule has 0 amide bonds. The minimum absolute atomic E-state index is 0.0931. The van der Waals surface area contributed by atoms with Crippen LogP contribution in [-0.4, -0.2) is 27.2 Å². The van der Waals surface area contributed by atoms with E-state index in [1.54, 1.807) is 0 Å². The molecule has 1 unspecified atom stereocenters. The van der Waals surface area contributed by atoms with Crippen LogP contribution >= 0.6 is 0 Å². The van der Waals surface area contributed by atoms with Crippen molar-refractivity contribution in [3.63, 3.8) is 0 Å². The zero-order valence-corrected chi connectivity index (χ0v) is 10.4. The Kier molecular flexibility index (Phi) is 2.96. The summed E-state index contributed by atoms with van der Waals surface area (Å²) in [7, 11) is 0. The minimum atomic E-state index is 0.0931. The van der Waals surface area contributed by atoms with Crippen molar-refractivity contribution in [1.82, 2.24) is 0 Å². The topological polar surface area (TPSA) is 9.23 Å². The Labute approximate surface area is 92.0 Å². The van der Waals surface area contributed by atoms with Crippen molar-refractivity contribution in [2.45, 2.75) is 30.7 Å². The van der Waals surface area contributed by atoms with Crippen LogP contribution in [0.1, 0.15) is 20.3 Å². The van der Waals surface area contributed by atoms with Crippen molar-refractivity contribution in [2.24, 2.45) is 0 Å². The number of ether oxygens (including phenoxy) is 1. The summed E-state index contributed by atoms with van der Waals surface area (Å²) in [5.41, 5.74) is 0.0931. The third-order valence-corrected chi connectivity index (χ3v) is 6.08. The van der Waals surface area contributed by atoms with Gasteiger partial charge in [-0.2, -0.15) is 0 Å². The molecule has 14 heavy (non-hydrogen) atoms. The molecule has 0 N–H and O–H groups in total. The molecule has 2 rings (SSSR count). The summed E-state index contributed by atoms with van der Waals surface area (Å²) in [4.78, 5) is 0.734. The summed E-state index contributed by atoms with van der Waals surface area (Å²) in [6.45, 7) is 5.37. The Bertz CT molecular complexity index is 294. The summed E-state index contributed by atoms with van der Waals surface area (Å²) in [5, 5.41) is 0. The normalized spacial score (nSPS) is 25.1. The third kappa shape index (κ3) is 2.20. The predicted octanol–water partition coefficient (Wildman–Crippen LogP) is 2.00. The van der Waals surface area contributed by atoms with Gasteiger partial charge in [0.2, 0.25) is 0 Å². The second-order valence-corrected chi connectivity index (χ2v) is 6.84. The maximum atomic E-state index is 5.74. The molecule has 0 bridgehead atoms. The van der Waals surface area contributed by atoms with Gasteiger partial charge in [0.25, 0.3) is 0 Å². The van der Waals surface area contributed by atoms with Gasteiger partial charge in [0.05, 0.1) is 0 Å². The van der Waals surface area contributed by atoms with E-state index in [2.05, 4.69) is 44.2 Å². The Morgan fingerprint density at radius 2 is 2.00 bits per heavy atom. The fourth-order valence-corrected chi connectivity index (χ4v) is 4.27. The molecule has 1 aromatic rings. The second-order valence-electron chi connectivity index (χ2n) is 4.16. The molecule has 1 aromatic carbocycles. The standard InChI is InChI=1S/C12H16OSe/c1-12(2)11(8-9-13-12)14-10-6-4-3-5-7-10/h3-7,11H,8-9H2,1-2H3. The monoisotopic (exact) mass is 256 g/mol. The van der Waals surface area contributed by atoms with Crippen LogP contribution in [0, 0.1) is 0 Å². The van der Waals surface area contributed by atoms with E-state index in [1.807, 2.05) is 0 Å². The first-order valence-corrected chi connectivity index (χ1v) is 6.89. The van der Waals surface area contributed by atoms with Gasteiger partial charge in [-0.05, 0) is 0 Å². The maximum absolute atomic E-state index is 5.74. The fraction of sp³-hybridized carbons (Fsp3) is 0.500. The molecular weight excluding hydrogens is 239 g/mol. The van der Waals surface area contributed by atoms with E-state index in [1.165, 1.54) is 10.9 Å². The zero-order chi connectivity index (χ0) is 10.0. The SMILES string of the molecule is CC1(C)OCCC1[Se]c1ccccc1. The molecule has 1 aliphatic heterocycles. The van der Waals surface area contributed by atoms with Gasteiger partial charge in [0.15, 0.2) is 0 Å². The summed E-state index contributed by atoms with van der Waals surface area (Å²) >= 11 is 0.557. The molecule has 0 aliphatic carbocycles. The van der Waals surface area contributed by atoms with Crippen molar-refractivity contribution in [3.8, 4) is 0 Å². The van der Waals surface area contributed by atoms with Crippen LogP contribution in [0.25, 0.3) is 0 Å². The van der Waals surface area contributed by atoms with Crippen molar-refractivity contribution in [2.75, 3.05) is 6.61 Å². The molecule has 1 aliphatic rings. The van der Waals surface area contributed by atoms with Gasteiger partial charge >= 0.3 is 91.8 Å². The van der Waals surface area contributed by atoms with E-state index in [0.29, 0.717) is 15.0 Å². The first kappa shape index (κ1) is 10.2. The van der Waals surface area contributed by atoms with Crippen LogP contribution in [0.15, 0.2) is 30.3 Å². The molecule has 76 valence electrons. The molecule has 1 saturated heterocycles. The van der Waals surface area contributed by atoms with Crippen LogP contribution in [0.2, 0.25) is 4.82 Å². The molecule has 0 aromatic heterocycles. The number of hydrogen-bond acceptors (Lipinski definition) is 1. The average Bonchev–Trinajstić information content (AvgIpc) is 2.48. The number of benzene rings is 1. The van der Waals surface area contributed by atoms with E-state index in [-0.39, 0.29) is 5.60 Å². The Hall–Kier alpha value is -0.301. The summed E-state index contributed by atoms with van der Waals surface area (Å²) < 4.78 is 7.23. The van der Waals surface area contributed by atoms with Gasteiger partial charge in [-0.15, -0.1) is 0 Å². The Morgan fingerprint density at radius 3 is 2.57 bits per heavy atom. The van der Waals surface area contributed by atoms with E-state index in [4.69, 9.17) is 4.74 Å². The van der Waals surface area contributed by atoms with Crippen LogP contribution < -0.4 is 4.46 Å². The summed E-state index contributed by atoms with van der Waals surface area (Å²) in [5.74, 6) is 0. The van der Waals surface area contributed by atoms with Crippen molar-refractivity contribution < 1.29 is 4.74 Å². The van der Waals surface area contributed by atoms with E-state index in [9.17, 15) is 0 Å².